The lowest BCUT2D eigenvalue weighted by molar-refractivity contribution is -0.133. The first kappa shape index (κ1) is 21.4. The van der Waals surface area contributed by atoms with E-state index >= 15 is 0 Å². The molecule has 3 heterocycles. The van der Waals surface area contributed by atoms with Crippen molar-refractivity contribution in [1.29, 1.82) is 0 Å². The number of amides is 2. The van der Waals surface area contributed by atoms with E-state index in [0.29, 0.717) is 32.0 Å². The summed E-state index contributed by atoms with van der Waals surface area (Å²) in [6, 6.07) is 4.23. The lowest BCUT2D eigenvalue weighted by atomic mass is 9.93. The molecule has 0 aromatic carbocycles. The van der Waals surface area contributed by atoms with Crippen molar-refractivity contribution >= 4 is 33.4 Å². The van der Waals surface area contributed by atoms with Crippen LogP contribution in [-0.4, -0.2) is 52.6 Å². The fourth-order valence-corrected chi connectivity index (χ4v) is 5.68. The molecular formula is C23H33N3O3S. The molecule has 1 atom stereocenters. The Morgan fingerprint density at radius 1 is 1.30 bits per heavy atom. The predicted octanol–water partition coefficient (Wildman–Crippen LogP) is 4.18. The molecule has 0 unspecified atom stereocenters. The molecule has 0 bridgehead atoms. The molecule has 0 radical (unpaired) electrons. The number of rotatable bonds is 7. The van der Waals surface area contributed by atoms with Crippen LogP contribution in [0.25, 0.3) is 10.2 Å². The number of hydrogen-bond acceptors (Lipinski definition) is 4. The smallest absolute Gasteiger partial charge is 0.271 e. The van der Waals surface area contributed by atoms with Crippen LogP contribution in [-0.2, 0) is 16.1 Å². The monoisotopic (exact) mass is 431 g/mol. The van der Waals surface area contributed by atoms with Gasteiger partial charge in [-0.1, -0.05) is 25.7 Å². The first-order valence-corrected chi connectivity index (χ1v) is 12.2. The Balaban J connectivity index is 1.61. The van der Waals surface area contributed by atoms with E-state index in [1.54, 1.807) is 16.2 Å². The van der Waals surface area contributed by atoms with Crippen LogP contribution < -0.4 is 5.32 Å². The summed E-state index contributed by atoms with van der Waals surface area (Å²) in [4.78, 5) is 28.9. The molecule has 1 aliphatic carbocycles. The molecule has 2 aliphatic rings. The van der Waals surface area contributed by atoms with Crippen molar-refractivity contribution in [2.75, 3.05) is 19.8 Å². The van der Waals surface area contributed by atoms with Crippen LogP contribution >= 0.6 is 11.3 Å². The topological polar surface area (TPSA) is 63.6 Å². The zero-order chi connectivity index (χ0) is 21.1. The molecule has 1 N–H and O–H groups in total. The fourth-order valence-electron chi connectivity index (χ4n) is 4.86. The van der Waals surface area contributed by atoms with E-state index in [9.17, 15) is 9.59 Å². The van der Waals surface area contributed by atoms with Crippen molar-refractivity contribution in [3.05, 3.63) is 23.2 Å². The summed E-state index contributed by atoms with van der Waals surface area (Å²) in [6.45, 7) is 6.16. The van der Waals surface area contributed by atoms with Crippen LogP contribution in [0.1, 0.15) is 69.3 Å². The van der Waals surface area contributed by atoms with E-state index in [4.69, 9.17) is 4.74 Å². The minimum absolute atomic E-state index is 0.0260. The Morgan fingerprint density at radius 3 is 2.80 bits per heavy atom. The highest BCUT2D eigenvalue weighted by molar-refractivity contribution is 7.17. The van der Waals surface area contributed by atoms with Gasteiger partial charge >= 0.3 is 0 Å². The molecular weight excluding hydrogens is 398 g/mol. The summed E-state index contributed by atoms with van der Waals surface area (Å²) in [5, 5.41) is 5.35. The van der Waals surface area contributed by atoms with Gasteiger partial charge in [-0.2, -0.15) is 0 Å². The standard InChI is InChI=1S/C23H33N3O3S/c1-3-29-13-8-12-26-21(27)19-15-20-18(11-14-30-20)25(19)16-23(26,2)22(28)24-17-9-6-4-5-7-10-17/h11,14-15,17H,3-10,12-13,16H2,1-2H3,(H,24,28)/t23-/m1/s1. The summed E-state index contributed by atoms with van der Waals surface area (Å²) in [5.74, 6) is -0.0819. The summed E-state index contributed by atoms with van der Waals surface area (Å²) < 4.78 is 8.63. The van der Waals surface area contributed by atoms with Crippen molar-refractivity contribution in [2.24, 2.45) is 0 Å². The van der Waals surface area contributed by atoms with E-state index < -0.39 is 5.54 Å². The lowest BCUT2D eigenvalue weighted by Crippen LogP contribution is -2.65. The second-order valence-corrected chi connectivity index (χ2v) is 9.68. The Bertz CT molecular complexity index is 897. The third-order valence-electron chi connectivity index (χ3n) is 6.60. The molecule has 1 saturated carbocycles. The Kier molecular flexibility index (Phi) is 6.48. The molecule has 1 fully saturated rings. The largest absolute Gasteiger partial charge is 0.382 e. The first-order valence-electron chi connectivity index (χ1n) is 11.3. The van der Waals surface area contributed by atoms with Gasteiger partial charge in [-0.3, -0.25) is 9.59 Å². The predicted molar refractivity (Wildman–Crippen MR) is 120 cm³/mol. The molecule has 4 rings (SSSR count). The normalized spacial score (nSPS) is 22.9. The van der Waals surface area contributed by atoms with Crippen LogP contribution in [0.5, 0.6) is 0 Å². The molecule has 2 aromatic heterocycles. The Morgan fingerprint density at radius 2 is 2.07 bits per heavy atom. The zero-order valence-electron chi connectivity index (χ0n) is 18.1. The van der Waals surface area contributed by atoms with Gasteiger partial charge in [0.05, 0.1) is 16.8 Å². The molecule has 0 saturated heterocycles. The minimum atomic E-state index is -0.906. The third kappa shape index (κ3) is 4.02. The Labute approximate surface area is 182 Å². The first-order chi connectivity index (χ1) is 14.5. The van der Waals surface area contributed by atoms with Gasteiger partial charge in [0, 0.05) is 25.8 Å². The zero-order valence-corrected chi connectivity index (χ0v) is 18.9. The van der Waals surface area contributed by atoms with E-state index in [1.807, 2.05) is 35.9 Å². The highest BCUT2D eigenvalue weighted by atomic mass is 32.1. The van der Waals surface area contributed by atoms with Gasteiger partial charge in [-0.25, -0.2) is 0 Å². The second-order valence-electron chi connectivity index (χ2n) is 8.73. The highest BCUT2D eigenvalue weighted by Gasteiger charge is 2.47. The third-order valence-corrected chi connectivity index (χ3v) is 7.46. The van der Waals surface area contributed by atoms with Crippen molar-refractivity contribution in [3.63, 3.8) is 0 Å². The maximum Gasteiger partial charge on any atom is 0.271 e. The van der Waals surface area contributed by atoms with Crippen molar-refractivity contribution in [3.8, 4) is 0 Å². The maximum atomic E-state index is 13.6. The number of fused-ring (bicyclic) bond motifs is 3. The molecule has 0 spiro atoms. The molecule has 2 aromatic rings. The van der Waals surface area contributed by atoms with Crippen molar-refractivity contribution in [1.82, 2.24) is 14.8 Å². The molecule has 2 amide bonds. The lowest BCUT2D eigenvalue weighted by Gasteiger charge is -2.44. The fraction of sp³-hybridized carbons (Fsp3) is 0.652. The maximum absolute atomic E-state index is 13.6. The van der Waals surface area contributed by atoms with Gasteiger partial charge in [0.1, 0.15) is 11.2 Å². The number of nitrogens with zero attached hydrogens (tertiary/aromatic N) is 2. The van der Waals surface area contributed by atoms with Gasteiger partial charge < -0.3 is 19.5 Å². The molecule has 164 valence electrons. The van der Waals surface area contributed by atoms with E-state index in [0.717, 1.165) is 42.3 Å². The molecule has 30 heavy (non-hydrogen) atoms. The van der Waals surface area contributed by atoms with Gasteiger partial charge in [0.2, 0.25) is 5.91 Å². The second kappa shape index (κ2) is 9.10. The number of ether oxygens (including phenoxy) is 1. The minimum Gasteiger partial charge on any atom is -0.382 e. The summed E-state index contributed by atoms with van der Waals surface area (Å²) in [5.41, 5.74) is 0.829. The van der Waals surface area contributed by atoms with Crippen LogP contribution in [0.15, 0.2) is 17.5 Å². The van der Waals surface area contributed by atoms with Gasteiger partial charge in [-0.05, 0) is 50.6 Å². The SMILES string of the molecule is CCOCCCN1C(=O)c2cc3sccc3n2C[C@]1(C)C(=O)NC1CCCCCC1. The summed E-state index contributed by atoms with van der Waals surface area (Å²) in [6.07, 6.45) is 7.60. The van der Waals surface area contributed by atoms with Crippen molar-refractivity contribution < 1.29 is 14.3 Å². The van der Waals surface area contributed by atoms with E-state index in [-0.39, 0.29) is 17.9 Å². The molecule has 6 nitrogen and oxygen atoms in total. The number of aromatic nitrogens is 1. The number of hydrogen-bond donors (Lipinski definition) is 1. The van der Waals surface area contributed by atoms with Crippen molar-refractivity contribution in [2.45, 2.75) is 76.9 Å². The number of carbonyl (C=O) groups is 2. The number of thiophene rings is 1. The summed E-state index contributed by atoms with van der Waals surface area (Å²) >= 11 is 1.64. The van der Waals surface area contributed by atoms with Crippen LogP contribution in [0, 0.1) is 0 Å². The Hall–Kier alpha value is -1.86. The van der Waals surface area contributed by atoms with Crippen LogP contribution in [0.4, 0.5) is 0 Å². The van der Waals surface area contributed by atoms with Crippen LogP contribution in [0.2, 0.25) is 0 Å². The molecule has 7 heteroatoms. The number of nitrogens with one attached hydrogen (secondary N) is 1. The number of carbonyl (C=O) groups excluding carboxylic acids is 2. The van der Waals surface area contributed by atoms with E-state index in [1.165, 1.54) is 12.8 Å². The quantitative estimate of drug-likeness (QED) is 0.528. The van der Waals surface area contributed by atoms with Gasteiger partial charge in [-0.15, -0.1) is 11.3 Å². The summed E-state index contributed by atoms with van der Waals surface area (Å²) in [7, 11) is 0. The highest BCUT2D eigenvalue weighted by Crippen LogP contribution is 2.34. The van der Waals surface area contributed by atoms with Gasteiger partial charge in [0.15, 0.2) is 0 Å². The average Bonchev–Trinajstić information content (AvgIpc) is 3.22. The van der Waals surface area contributed by atoms with Gasteiger partial charge in [0.25, 0.3) is 5.91 Å². The molecule has 1 aliphatic heterocycles. The van der Waals surface area contributed by atoms with E-state index in [2.05, 4.69) is 5.32 Å². The average molecular weight is 432 g/mol. The van der Waals surface area contributed by atoms with Crippen LogP contribution in [0.3, 0.4) is 0 Å².